The molecule has 0 spiro atoms. The fourth-order valence-corrected chi connectivity index (χ4v) is 3.10. The summed E-state index contributed by atoms with van der Waals surface area (Å²) in [5.74, 6) is 0. The molecule has 0 aromatic heterocycles. The molecule has 1 unspecified atom stereocenters. The van der Waals surface area contributed by atoms with Gasteiger partial charge in [0.1, 0.15) is 11.7 Å². The van der Waals surface area contributed by atoms with E-state index in [1.807, 2.05) is 42.5 Å². The Labute approximate surface area is 131 Å². The van der Waals surface area contributed by atoms with Crippen molar-refractivity contribution in [2.24, 2.45) is 0 Å². The van der Waals surface area contributed by atoms with Gasteiger partial charge in [0.2, 0.25) is 0 Å². The van der Waals surface area contributed by atoms with E-state index in [2.05, 4.69) is 24.4 Å². The van der Waals surface area contributed by atoms with Crippen LogP contribution in [-0.2, 0) is 16.8 Å². The first-order valence-electron chi connectivity index (χ1n) is 7.85. The van der Waals surface area contributed by atoms with Gasteiger partial charge < -0.3 is 15.2 Å². The first-order valence-corrected chi connectivity index (χ1v) is 7.85. The highest BCUT2D eigenvalue weighted by Gasteiger charge is 2.40. The molecule has 0 saturated carbocycles. The Morgan fingerprint density at radius 3 is 2.55 bits per heavy atom. The van der Waals surface area contributed by atoms with Crippen molar-refractivity contribution in [1.82, 2.24) is 5.32 Å². The monoisotopic (exact) mass is 297 g/mol. The van der Waals surface area contributed by atoms with Gasteiger partial charge >= 0.3 is 0 Å². The van der Waals surface area contributed by atoms with Gasteiger partial charge in [-0.05, 0) is 23.6 Å². The van der Waals surface area contributed by atoms with Gasteiger partial charge in [0.25, 0.3) is 0 Å². The van der Waals surface area contributed by atoms with Crippen molar-refractivity contribution >= 4 is 0 Å². The highest BCUT2D eigenvalue weighted by molar-refractivity contribution is 5.32. The lowest BCUT2D eigenvalue weighted by molar-refractivity contribution is -0.124. The molecule has 2 aromatic rings. The third-order valence-corrected chi connectivity index (χ3v) is 4.46. The molecule has 0 amide bonds. The third kappa shape index (κ3) is 3.07. The Kier molecular flexibility index (Phi) is 4.57. The van der Waals surface area contributed by atoms with Crippen LogP contribution in [0.3, 0.4) is 0 Å². The van der Waals surface area contributed by atoms with Crippen molar-refractivity contribution in [2.75, 3.05) is 19.7 Å². The van der Waals surface area contributed by atoms with Crippen LogP contribution in [0.4, 0.5) is 0 Å². The quantitative estimate of drug-likeness (QED) is 0.910. The molecule has 22 heavy (non-hydrogen) atoms. The molecule has 1 aliphatic heterocycles. The number of hydrogen-bond donors (Lipinski definition) is 2. The molecule has 3 nitrogen and oxygen atoms in total. The van der Waals surface area contributed by atoms with E-state index in [0.717, 1.165) is 17.7 Å². The van der Waals surface area contributed by atoms with Crippen molar-refractivity contribution in [1.29, 1.82) is 0 Å². The van der Waals surface area contributed by atoms with Gasteiger partial charge in [-0.1, -0.05) is 54.6 Å². The van der Waals surface area contributed by atoms with Crippen LogP contribution < -0.4 is 5.32 Å². The van der Waals surface area contributed by atoms with Crippen molar-refractivity contribution in [3.8, 4) is 0 Å². The first kappa shape index (κ1) is 15.2. The summed E-state index contributed by atoms with van der Waals surface area (Å²) in [5, 5.41) is 14.8. The normalized spacial score (nSPS) is 21.3. The van der Waals surface area contributed by atoms with E-state index >= 15 is 0 Å². The molecule has 1 fully saturated rings. The summed E-state index contributed by atoms with van der Waals surface area (Å²) in [5.41, 5.74) is 2.23. The number of nitrogens with one attached hydrogen (secondary N) is 1. The Morgan fingerprint density at radius 1 is 1.14 bits per heavy atom. The minimum absolute atomic E-state index is 0.247. The summed E-state index contributed by atoms with van der Waals surface area (Å²) < 4.78 is 5.90. The van der Waals surface area contributed by atoms with Crippen molar-refractivity contribution in [3.63, 3.8) is 0 Å². The molecule has 3 rings (SSSR count). The minimum atomic E-state index is -1.03. The summed E-state index contributed by atoms with van der Waals surface area (Å²) in [7, 11) is 0. The SMILES string of the molecule is Cc1ccccc1CC(O)(c1ccccc1)[C@@H]1CNCCO1. The van der Waals surface area contributed by atoms with Gasteiger partial charge in [-0.25, -0.2) is 0 Å². The second-order valence-corrected chi connectivity index (χ2v) is 5.96. The predicted molar refractivity (Wildman–Crippen MR) is 87.8 cm³/mol. The maximum absolute atomic E-state index is 11.5. The second-order valence-electron chi connectivity index (χ2n) is 5.96. The molecule has 116 valence electrons. The average Bonchev–Trinajstić information content (AvgIpc) is 2.58. The summed E-state index contributed by atoms with van der Waals surface area (Å²) in [6, 6.07) is 18.1. The summed E-state index contributed by atoms with van der Waals surface area (Å²) in [6.45, 7) is 4.22. The van der Waals surface area contributed by atoms with Gasteiger partial charge in [0, 0.05) is 19.5 Å². The molecule has 0 radical (unpaired) electrons. The maximum atomic E-state index is 11.5. The Bertz CT molecular complexity index is 608. The number of hydrogen-bond acceptors (Lipinski definition) is 3. The van der Waals surface area contributed by atoms with Gasteiger partial charge in [-0.2, -0.15) is 0 Å². The molecule has 2 atom stereocenters. The maximum Gasteiger partial charge on any atom is 0.121 e. The van der Waals surface area contributed by atoms with Crippen LogP contribution in [0.2, 0.25) is 0 Å². The van der Waals surface area contributed by atoms with Crippen LogP contribution in [0.5, 0.6) is 0 Å². The lowest BCUT2D eigenvalue weighted by Crippen LogP contribution is -2.52. The topological polar surface area (TPSA) is 41.5 Å². The lowest BCUT2D eigenvalue weighted by atomic mass is 9.81. The second kappa shape index (κ2) is 6.61. The molecule has 3 heteroatoms. The van der Waals surface area contributed by atoms with Crippen molar-refractivity contribution < 1.29 is 9.84 Å². The van der Waals surface area contributed by atoms with E-state index in [9.17, 15) is 5.11 Å². The fourth-order valence-electron chi connectivity index (χ4n) is 3.10. The van der Waals surface area contributed by atoms with Crippen LogP contribution in [0, 0.1) is 6.92 Å². The average molecular weight is 297 g/mol. The molecule has 2 N–H and O–H groups in total. The van der Waals surface area contributed by atoms with E-state index in [1.54, 1.807) is 0 Å². The van der Waals surface area contributed by atoms with Crippen molar-refractivity contribution in [3.05, 3.63) is 71.3 Å². The first-order chi connectivity index (χ1) is 10.7. The zero-order chi connectivity index (χ0) is 15.4. The van der Waals surface area contributed by atoms with Gasteiger partial charge in [0.05, 0.1) is 6.61 Å². The molecule has 0 bridgehead atoms. The smallest absolute Gasteiger partial charge is 0.121 e. The predicted octanol–water partition coefficient (Wildman–Crippen LogP) is 2.41. The Balaban J connectivity index is 1.97. The number of aliphatic hydroxyl groups is 1. The highest BCUT2D eigenvalue weighted by Crippen LogP contribution is 2.32. The number of benzene rings is 2. The number of rotatable bonds is 4. The zero-order valence-electron chi connectivity index (χ0n) is 13.0. The molecule has 1 heterocycles. The van der Waals surface area contributed by atoms with Crippen LogP contribution in [0.1, 0.15) is 16.7 Å². The van der Waals surface area contributed by atoms with Crippen LogP contribution in [0.15, 0.2) is 54.6 Å². The fraction of sp³-hybridized carbons (Fsp3) is 0.368. The number of ether oxygens (including phenoxy) is 1. The molecular formula is C19H23NO2. The largest absolute Gasteiger partial charge is 0.382 e. The van der Waals surface area contributed by atoms with Crippen LogP contribution >= 0.6 is 0 Å². The van der Waals surface area contributed by atoms with Gasteiger partial charge in [0.15, 0.2) is 0 Å². The van der Waals surface area contributed by atoms with E-state index in [0.29, 0.717) is 19.6 Å². The standard InChI is InChI=1S/C19H23NO2/c1-15-7-5-6-8-16(15)13-19(21,17-9-3-2-4-10-17)18-14-20-11-12-22-18/h2-10,18,20-21H,11-14H2,1H3/t18-,19?/m0/s1. The zero-order valence-corrected chi connectivity index (χ0v) is 13.0. The summed E-state index contributed by atoms with van der Waals surface area (Å²) in [6.07, 6.45) is 0.305. The summed E-state index contributed by atoms with van der Waals surface area (Å²) in [4.78, 5) is 0. The number of aryl methyl sites for hydroxylation is 1. The van der Waals surface area contributed by atoms with E-state index in [4.69, 9.17) is 4.74 Å². The van der Waals surface area contributed by atoms with E-state index < -0.39 is 5.60 Å². The van der Waals surface area contributed by atoms with Crippen LogP contribution in [-0.4, -0.2) is 30.9 Å². The molecule has 1 aliphatic rings. The molecule has 1 saturated heterocycles. The van der Waals surface area contributed by atoms with Gasteiger partial charge in [-0.3, -0.25) is 0 Å². The summed E-state index contributed by atoms with van der Waals surface area (Å²) >= 11 is 0. The lowest BCUT2D eigenvalue weighted by Gasteiger charge is -2.39. The van der Waals surface area contributed by atoms with Gasteiger partial charge in [-0.15, -0.1) is 0 Å². The Morgan fingerprint density at radius 2 is 1.86 bits per heavy atom. The third-order valence-electron chi connectivity index (χ3n) is 4.46. The Hall–Kier alpha value is -1.68. The van der Waals surface area contributed by atoms with E-state index in [1.165, 1.54) is 5.56 Å². The molecule has 2 aromatic carbocycles. The number of morpholine rings is 1. The van der Waals surface area contributed by atoms with E-state index in [-0.39, 0.29) is 6.10 Å². The van der Waals surface area contributed by atoms with Crippen molar-refractivity contribution in [2.45, 2.75) is 25.0 Å². The molecular weight excluding hydrogens is 274 g/mol. The highest BCUT2D eigenvalue weighted by atomic mass is 16.5. The molecule has 0 aliphatic carbocycles. The minimum Gasteiger partial charge on any atom is -0.382 e. The van der Waals surface area contributed by atoms with Crippen LogP contribution in [0.25, 0.3) is 0 Å².